The second kappa shape index (κ2) is 27.3. The van der Waals surface area contributed by atoms with Gasteiger partial charge in [-0.15, -0.1) is 0 Å². The summed E-state index contributed by atoms with van der Waals surface area (Å²) in [6.07, 6.45) is 25.7. The fraction of sp³-hybridized carbons (Fsp3) is 0.636. The van der Waals surface area contributed by atoms with E-state index >= 15 is 0 Å². The van der Waals surface area contributed by atoms with Crippen molar-refractivity contribution in [1.29, 1.82) is 0 Å². The SMILES string of the molecule is CNCC1(C)CC(NC(=O)Nc2ccc(C=CC(=O)OCCCCCCCCCCCCCCOC(=O)C=Cc3ccc(NC(=O)NC4CC(C)(C)CC(C)(CN)C4)cc3)cc2)CC(C)(C)C1. The third-order valence-corrected chi connectivity index (χ3v) is 13.3. The summed E-state index contributed by atoms with van der Waals surface area (Å²) < 4.78 is 10.8. The molecule has 0 spiro atoms. The summed E-state index contributed by atoms with van der Waals surface area (Å²) in [6, 6.07) is 14.6. The molecule has 4 unspecified atom stereocenters. The molecule has 0 heterocycles. The van der Waals surface area contributed by atoms with Gasteiger partial charge in [0.1, 0.15) is 0 Å². The minimum Gasteiger partial charge on any atom is -0.463 e. The summed E-state index contributed by atoms with van der Waals surface area (Å²) in [5.41, 5.74) is 9.62. The molecule has 0 radical (unpaired) electrons. The number of esters is 2. The van der Waals surface area contributed by atoms with Crippen LogP contribution in [0.15, 0.2) is 60.7 Å². The first-order valence-electron chi connectivity index (χ1n) is 25.3. The van der Waals surface area contributed by atoms with Crippen molar-refractivity contribution in [3.05, 3.63) is 71.8 Å². The number of unbranched alkanes of at least 4 members (excludes halogenated alkanes) is 11. The van der Waals surface area contributed by atoms with Gasteiger partial charge in [-0.25, -0.2) is 19.2 Å². The standard InChI is InChI=1S/C55H86N6O6/c1-52(2)34-46(36-54(5,38-52)40-56)60-50(64)58-44-26-20-42(21-27-44)24-30-48(62)66-32-18-16-14-12-10-8-9-11-13-15-17-19-33-67-49(63)31-25-43-22-28-45(29-23-43)59-51(65)61-47-35-53(3,4)39-55(6,37-47)41-57-7/h20-31,46-47,57H,8-19,32-41,56H2,1-7H3,(H2,58,60,64)(H2,59,61,65). The number of nitrogens with two attached hydrogens (primary N) is 1. The van der Waals surface area contributed by atoms with Gasteiger partial charge in [-0.1, -0.05) is 130 Å². The van der Waals surface area contributed by atoms with Crippen LogP contribution in [0.1, 0.15) is 168 Å². The van der Waals surface area contributed by atoms with Crippen molar-refractivity contribution in [1.82, 2.24) is 16.0 Å². The predicted octanol–water partition coefficient (Wildman–Crippen LogP) is 11.8. The van der Waals surface area contributed by atoms with E-state index in [1.807, 2.05) is 55.6 Å². The first-order valence-corrected chi connectivity index (χ1v) is 25.3. The Morgan fingerprint density at radius 3 is 1.28 bits per heavy atom. The lowest BCUT2D eigenvalue weighted by atomic mass is 9.62. The molecule has 0 aliphatic heterocycles. The highest BCUT2D eigenvalue weighted by molar-refractivity contribution is 5.91. The molecule has 12 nitrogen and oxygen atoms in total. The van der Waals surface area contributed by atoms with Crippen molar-refractivity contribution >= 4 is 47.5 Å². The van der Waals surface area contributed by atoms with Crippen LogP contribution in [0.2, 0.25) is 0 Å². The maximum atomic E-state index is 12.8. The van der Waals surface area contributed by atoms with Gasteiger partial charge in [-0.05, 0) is 134 Å². The van der Waals surface area contributed by atoms with Crippen LogP contribution < -0.4 is 32.3 Å². The maximum absolute atomic E-state index is 12.8. The van der Waals surface area contributed by atoms with E-state index in [4.69, 9.17) is 15.2 Å². The number of hydrogen-bond acceptors (Lipinski definition) is 8. The van der Waals surface area contributed by atoms with Gasteiger partial charge in [0.2, 0.25) is 0 Å². The van der Waals surface area contributed by atoms with Gasteiger partial charge < -0.3 is 41.8 Å². The number of nitrogens with one attached hydrogen (secondary N) is 5. The molecule has 0 aromatic heterocycles. The number of hydrogen-bond donors (Lipinski definition) is 6. The molecule has 2 fully saturated rings. The van der Waals surface area contributed by atoms with Crippen molar-refractivity contribution in [3.8, 4) is 0 Å². The van der Waals surface area contributed by atoms with Crippen LogP contribution in [-0.4, -0.2) is 69.4 Å². The highest BCUT2D eigenvalue weighted by atomic mass is 16.5. The van der Waals surface area contributed by atoms with E-state index < -0.39 is 0 Å². The van der Waals surface area contributed by atoms with Crippen molar-refractivity contribution in [2.45, 2.75) is 169 Å². The highest BCUT2D eigenvalue weighted by Crippen LogP contribution is 2.46. The smallest absolute Gasteiger partial charge is 0.330 e. The Balaban J connectivity index is 0.930. The van der Waals surface area contributed by atoms with Gasteiger partial charge in [0.05, 0.1) is 13.2 Å². The first-order chi connectivity index (χ1) is 31.9. The molecule has 2 aliphatic rings. The predicted molar refractivity (Wildman–Crippen MR) is 275 cm³/mol. The minimum absolute atomic E-state index is 0.0213. The van der Waals surface area contributed by atoms with E-state index in [0.717, 1.165) is 94.7 Å². The van der Waals surface area contributed by atoms with Crippen molar-refractivity contribution in [3.63, 3.8) is 0 Å². The van der Waals surface area contributed by atoms with Crippen LogP contribution in [0.4, 0.5) is 21.0 Å². The fourth-order valence-electron chi connectivity index (χ4n) is 11.0. The largest absolute Gasteiger partial charge is 0.463 e. The van der Waals surface area contributed by atoms with Crippen LogP contribution in [-0.2, 0) is 19.1 Å². The Morgan fingerprint density at radius 1 is 0.552 bits per heavy atom. The molecule has 67 heavy (non-hydrogen) atoms. The van der Waals surface area contributed by atoms with E-state index in [2.05, 4.69) is 68.1 Å². The Labute approximate surface area is 403 Å². The molecule has 7 N–H and O–H groups in total. The molecule has 2 aromatic rings. The number of rotatable bonds is 26. The lowest BCUT2D eigenvalue weighted by molar-refractivity contribution is -0.138. The van der Waals surface area contributed by atoms with Gasteiger partial charge in [-0.3, -0.25) is 0 Å². The van der Waals surface area contributed by atoms with E-state index in [1.54, 1.807) is 12.2 Å². The number of carbonyl (C=O) groups excluding carboxylic acids is 4. The monoisotopic (exact) mass is 927 g/mol. The van der Waals surface area contributed by atoms with Crippen LogP contribution in [0.5, 0.6) is 0 Å². The summed E-state index contributed by atoms with van der Waals surface area (Å²) in [5, 5.41) is 15.5. The van der Waals surface area contributed by atoms with E-state index in [0.29, 0.717) is 31.1 Å². The summed E-state index contributed by atoms with van der Waals surface area (Å²) >= 11 is 0. The van der Waals surface area contributed by atoms with Crippen molar-refractivity contribution in [2.24, 2.45) is 27.4 Å². The fourth-order valence-corrected chi connectivity index (χ4v) is 11.0. The number of anilines is 2. The maximum Gasteiger partial charge on any atom is 0.330 e. The average molecular weight is 927 g/mol. The quantitative estimate of drug-likeness (QED) is 0.0307. The molecular formula is C55H86N6O6. The van der Waals surface area contributed by atoms with Gasteiger partial charge in [0, 0.05) is 42.2 Å². The van der Waals surface area contributed by atoms with E-state index in [9.17, 15) is 19.2 Å². The topological polar surface area (TPSA) is 173 Å². The van der Waals surface area contributed by atoms with Gasteiger partial charge in [0.15, 0.2) is 0 Å². The number of ether oxygens (including phenoxy) is 2. The van der Waals surface area contributed by atoms with Crippen molar-refractivity contribution in [2.75, 3.05) is 44.0 Å². The van der Waals surface area contributed by atoms with Crippen LogP contribution in [0, 0.1) is 21.7 Å². The Hall–Kier alpha value is -4.68. The zero-order chi connectivity index (χ0) is 48.8. The zero-order valence-electron chi connectivity index (χ0n) is 42.2. The molecule has 0 bridgehead atoms. The molecule has 2 saturated carbocycles. The zero-order valence-corrected chi connectivity index (χ0v) is 42.2. The Morgan fingerprint density at radius 2 is 0.910 bits per heavy atom. The summed E-state index contributed by atoms with van der Waals surface area (Å²) in [7, 11) is 1.98. The number of benzene rings is 2. The molecular weight excluding hydrogens is 841 g/mol. The van der Waals surface area contributed by atoms with Crippen LogP contribution in [0.3, 0.4) is 0 Å². The van der Waals surface area contributed by atoms with E-state index in [1.165, 1.54) is 50.7 Å². The Bertz CT molecular complexity index is 1900. The molecule has 372 valence electrons. The van der Waals surface area contributed by atoms with Crippen LogP contribution in [0.25, 0.3) is 12.2 Å². The molecule has 2 aliphatic carbocycles. The van der Waals surface area contributed by atoms with Gasteiger partial charge >= 0.3 is 24.0 Å². The molecule has 4 rings (SSSR count). The molecule has 12 heteroatoms. The second-order valence-corrected chi connectivity index (χ2v) is 21.9. The third kappa shape index (κ3) is 21.9. The number of amides is 4. The molecule has 4 amide bonds. The summed E-state index contributed by atoms with van der Waals surface area (Å²) in [4.78, 5) is 50.1. The van der Waals surface area contributed by atoms with Gasteiger partial charge in [-0.2, -0.15) is 0 Å². The van der Waals surface area contributed by atoms with Gasteiger partial charge in [0.25, 0.3) is 0 Å². The lowest BCUT2D eigenvalue weighted by Crippen LogP contribution is -2.50. The number of urea groups is 2. The first kappa shape index (κ1) is 54.9. The average Bonchev–Trinajstić information content (AvgIpc) is 3.24. The molecule has 2 aromatic carbocycles. The molecule has 0 saturated heterocycles. The third-order valence-electron chi connectivity index (χ3n) is 13.3. The lowest BCUT2D eigenvalue weighted by Gasteiger charge is -2.46. The Kier molecular flexibility index (Phi) is 22.4. The second-order valence-electron chi connectivity index (χ2n) is 21.9. The van der Waals surface area contributed by atoms with Crippen molar-refractivity contribution < 1.29 is 28.7 Å². The minimum atomic E-state index is -0.349. The van der Waals surface area contributed by atoms with E-state index in [-0.39, 0.29) is 57.7 Å². The summed E-state index contributed by atoms with van der Waals surface area (Å²) in [6.45, 7) is 15.9. The van der Waals surface area contributed by atoms with Crippen LogP contribution >= 0.6 is 0 Å². The summed E-state index contributed by atoms with van der Waals surface area (Å²) in [5.74, 6) is -0.693. The number of carbonyl (C=O) groups is 4. The normalized spacial score (nSPS) is 22.3. The molecule has 4 atom stereocenters. The highest BCUT2D eigenvalue weighted by Gasteiger charge is 2.42.